The molecule has 0 spiro atoms. The summed E-state index contributed by atoms with van der Waals surface area (Å²) in [7, 11) is 0. The summed E-state index contributed by atoms with van der Waals surface area (Å²) in [6, 6.07) is 0.510. The van der Waals surface area contributed by atoms with E-state index in [0.717, 1.165) is 30.9 Å². The van der Waals surface area contributed by atoms with Crippen LogP contribution >= 0.6 is 11.3 Å². The highest BCUT2D eigenvalue weighted by Gasteiger charge is 2.32. The molecule has 0 aliphatic heterocycles. The molecule has 5 nitrogen and oxygen atoms in total. The van der Waals surface area contributed by atoms with E-state index < -0.39 is 5.97 Å². The van der Waals surface area contributed by atoms with Crippen molar-refractivity contribution in [2.75, 3.05) is 18.1 Å². The molecule has 6 heteroatoms. The molecule has 1 heterocycles. The Morgan fingerprint density at radius 2 is 2.10 bits per heavy atom. The summed E-state index contributed by atoms with van der Waals surface area (Å²) < 4.78 is 4.98. The number of esters is 1. The molecule has 1 aromatic rings. The van der Waals surface area contributed by atoms with Crippen LogP contribution in [0.15, 0.2) is 0 Å². The number of hydrogen-bond acceptors (Lipinski definition) is 6. The van der Waals surface area contributed by atoms with Gasteiger partial charge in [0.2, 0.25) is 0 Å². The van der Waals surface area contributed by atoms with Crippen LogP contribution in [-0.4, -0.2) is 35.9 Å². The molecule has 1 fully saturated rings. The summed E-state index contributed by atoms with van der Waals surface area (Å²) >= 11 is 1.30. The highest BCUT2D eigenvalue weighted by molar-refractivity contribution is 7.17. The fraction of sp³-hybridized carbons (Fsp3) is 0.643. The Hall–Kier alpha value is -1.43. The van der Waals surface area contributed by atoms with Crippen molar-refractivity contribution in [3.05, 3.63) is 10.6 Å². The largest absolute Gasteiger partial charge is 0.461 e. The number of anilines is 1. The summed E-state index contributed by atoms with van der Waals surface area (Å²) in [4.78, 5) is 30.6. The number of hydrogen-bond donors (Lipinski definition) is 0. The van der Waals surface area contributed by atoms with Crippen LogP contribution in [0.2, 0.25) is 0 Å². The average molecular weight is 296 g/mol. The topological polar surface area (TPSA) is 59.5 Å². The van der Waals surface area contributed by atoms with Gasteiger partial charge in [-0.1, -0.05) is 18.3 Å². The lowest BCUT2D eigenvalue weighted by Crippen LogP contribution is -2.26. The second kappa shape index (κ2) is 6.35. The van der Waals surface area contributed by atoms with Crippen molar-refractivity contribution in [3.63, 3.8) is 0 Å². The molecule has 1 saturated carbocycles. The molecule has 1 aromatic heterocycles. The Morgan fingerprint density at radius 3 is 2.60 bits per heavy atom. The van der Waals surface area contributed by atoms with Crippen molar-refractivity contribution in [1.29, 1.82) is 0 Å². The van der Waals surface area contributed by atoms with Gasteiger partial charge in [-0.3, -0.25) is 4.79 Å². The smallest absolute Gasteiger partial charge is 0.358 e. The summed E-state index contributed by atoms with van der Waals surface area (Å²) in [5.74, 6) is -0.642. The molecule has 0 unspecified atom stereocenters. The average Bonchev–Trinajstić information content (AvgIpc) is 3.13. The van der Waals surface area contributed by atoms with Gasteiger partial charge in [0.25, 0.3) is 0 Å². The minimum absolute atomic E-state index is 0.135. The summed E-state index contributed by atoms with van der Waals surface area (Å²) in [6.07, 6.45) is 3.33. The zero-order chi connectivity index (χ0) is 14.7. The maximum absolute atomic E-state index is 11.9. The van der Waals surface area contributed by atoms with Crippen LogP contribution in [0.1, 0.15) is 60.2 Å². The number of nitrogens with zero attached hydrogens (tertiary/aromatic N) is 2. The third kappa shape index (κ3) is 3.17. The second-order valence-electron chi connectivity index (χ2n) is 4.88. The highest BCUT2D eigenvalue weighted by atomic mass is 32.1. The molecule has 1 aliphatic carbocycles. The molecule has 2 rings (SSSR count). The molecule has 110 valence electrons. The van der Waals surface area contributed by atoms with E-state index in [1.54, 1.807) is 6.92 Å². The number of ketones is 1. The molecule has 20 heavy (non-hydrogen) atoms. The maximum Gasteiger partial charge on any atom is 0.358 e. The lowest BCUT2D eigenvalue weighted by atomic mass is 10.3. The molecule has 0 radical (unpaired) electrons. The number of carbonyl (C=O) groups excluding carboxylic acids is 2. The first-order valence-corrected chi connectivity index (χ1v) is 7.85. The van der Waals surface area contributed by atoms with Crippen molar-refractivity contribution in [2.45, 2.75) is 46.1 Å². The van der Waals surface area contributed by atoms with Gasteiger partial charge in [0.05, 0.1) is 6.61 Å². The number of carbonyl (C=O) groups is 2. The van der Waals surface area contributed by atoms with E-state index >= 15 is 0 Å². The van der Waals surface area contributed by atoms with Crippen LogP contribution in [0.25, 0.3) is 0 Å². The molecular formula is C14H20N2O3S. The van der Waals surface area contributed by atoms with Crippen LogP contribution in [0.5, 0.6) is 0 Å². The molecule has 0 aromatic carbocycles. The van der Waals surface area contributed by atoms with E-state index in [-0.39, 0.29) is 18.1 Å². The standard InChI is InChI=1S/C14H20N2O3S/c1-4-8-16(10-6-7-10)14-15-11(13(18)19-5-2)12(20-14)9(3)17/h10H,4-8H2,1-3H3. The summed E-state index contributed by atoms with van der Waals surface area (Å²) in [6.45, 7) is 6.50. The highest BCUT2D eigenvalue weighted by Crippen LogP contribution is 2.35. The van der Waals surface area contributed by atoms with E-state index in [1.807, 2.05) is 0 Å². The van der Waals surface area contributed by atoms with Gasteiger partial charge in [-0.2, -0.15) is 0 Å². The first-order chi connectivity index (χ1) is 9.58. The zero-order valence-electron chi connectivity index (χ0n) is 12.1. The third-order valence-corrected chi connectivity index (χ3v) is 4.30. The van der Waals surface area contributed by atoms with E-state index in [1.165, 1.54) is 18.3 Å². The Kier molecular flexibility index (Phi) is 4.75. The van der Waals surface area contributed by atoms with Crippen molar-refractivity contribution >= 4 is 28.2 Å². The van der Waals surface area contributed by atoms with E-state index in [4.69, 9.17) is 4.74 Å². The van der Waals surface area contributed by atoms with Crippen LogP contribution < -0.4 is 4.90 Å². The van der Waals surface area contributed by atoms with Crippen molar-refractivity contribution in [1.82, 2.24) is 4.98 Å². The third-order valence-electron chi connectivity index (χ3n) is 3.10. The zero-order valence-corrected chi connectivity index (χ0v) is 13.0. The molecule has 0 bridgehead atoms. The normalized spacial score (nSPS) is 14.2. The van der Waals surface area contributed by atoms with Crippen molar-refractivity contribution in [3.8, 4) is 0 Å². The number of aromatic nitrogens is 1. The van der Waals surface area contributed by atoms with Crippen molar-refractivity contribution < 1.29 is 14.3 Å². The fourth-order valence-corrected chi connectivity index (χ4v) is 3.12. The number of thiazole rings is 1. The molecule has 1 aliphatic rings. The number of ether oxygens (including phenoxy) is 1. The lowest BCUT2D eigenvalue weighted by molar-refractivity contribution is 0.0517. The fourth-order valence-electron chi connectivity index (χ4n) is 2.07. The van der Waals surface area contributed by atoms with Crippen LogP contribution in [0.3, 0.4) is 0 Å². The Bertz CT molecular complexity index is 509. The SMILES string of the molecule is CCCN(c1nc(C(=O)OCC)c(C(C)=O)s1)C1CC1. The Labute approximate surface area is 122 Å². The van der Waals surface area contributed by atoms with Gasteiger partial charge in [0, 0.05) is 19.5 Å². The van der Waals surface area contributed by atoms with Gasteiger partial charge in [0.1, 0.15) is 4.88 Å². The van der Waals surface area contributed by atoms with E-state index in [0.29, 0.717) is 10.9 Å². The molecule has 0 amide bonds. The van der Waals surface area contributed by atoms with Gasteiger partial charge < -0.3 is 9.64 Å². The Morgan fingerprint density at radius 1 is 1.40 bits per heavy atom. The summed E-state index contributed by atoms with van der Waals surface area (Å²) in [5, 5.41) is 0.766. The number of Topliss-reactive ketones (excluding diaryl/α,β-unsaturated/α-hetero) is 1. The minimum Gasteiger partial charge on any atom is -0.461 e. The van der Waals surface area contributed by atoms with Crippen molar-refractivity contribution in [2.24, 2.45) is 0 Å². The first kappa shape index (κ1) is 15.0. The van der Waals surface area contributed by atoms with Gasteiger partial charge in [0.15, 0.2) is 16.6 Å². The Balaban J connectivity index is 2.32. The lowest BCUT2D eigenvalue weighted by Gasteiger charge is -2.20. The van der Waals surface area contributed by atoms with E-state index in [2.05, 4.69) is 16.8 Å². The first-order valence-electron chi connectivity index (χ1n) is 7.04. The molecule has 0 N–H and O–H groups in total. The summed E-state index contributed by atoms with van der Waals surface area (Å²) in [5.41, 5.74) is 0.168. The second-order valence-corrected chi connectivity index (χ2v) is 5.85. The predicted octanol–water partition coefficient (Wildman–Crippen LogP) is 2.90. The van der Waals surface area contributed by atoms with Crippen LogP contribution in [0, 0.1) is 0 Å². The monoisotopic (exact) mass is 296 g/mol. The molecular weight excluding hydrogens is 276 g/mol. The minimum atomic E-state index is -0.507. The van der Waals surface area contributed by atoms with Gasteiger partial charge in [-0.25, -0.2) is 9.78 Å². The number of rotatable bonds is 7. The molecule has 0 saturated heterocycles. The maximum atomic E-state index is 11.9. The van der Waals surface area contributed by atoms with Gasteiger partial charge >= 0.3 is 5.97 Å². The van der Waals surface area contributed by atoms with Crippen LogP contribution in [-0.2, 0) is 4.74 Å². The predicted molar refractivity (Wildman–Crippen MR) is 78.7 cm³/mol. The van der Waals surface area contributed by atoms with E-state index in [9.17, 15) is 9.59 Å². The van der Waals surface area contributed by atoms with Gasteiger partial charge in [-0.15, -0.1) is 0 Å². The van der Waals surface area contributed by atoms with Crippen LogP contribution in [0.4, 0.5) is 5.13 Å². The quantitative estimate of drug-likeness (QED) is 0.572. The van der Waals surface area contributed by atoms with Gasteiger partial charge in [-0.05, 0) is 26.2 Å². The molecule has 0 atom stereocenters.